The first kappa shape index (κ1) is 4.09. The van der Waals surface area contributed by atoms with E-state index < -0.39 is 17.2 Å². The van der Waals surface area contributed by atoms with Crippen LogP contribution in [-0.2, 0) is 27.4 Å². The van der Waals surface area contributed by atoms with E-state index in [0.717, 1.165) is 0 Å². The molecule has 0 aromatic rings. The molecule has 0 atom stereocenters. The molecule has 0 rings (SSSR count). The summed E-state index contributed by atoms with van der Waals surface area (Å²) in [5, 5.41) is 0. The van der Waals surface area contributed by atoms with Gasteiger partial charge in [-0.15, -0.1) is 0 Å². The molecular formula is O3W. The van der Waals surface area contributed by atoms with Crippen LogP contribution in [0.3, 0.4) is 0 Å². The van der Waals surface area contributed by atoms with Crippen molar-refractivity contribution in [2.75, 3.05) is 0 Å². The van der Waals surface area contributed by atoms with Gasteiger partial charge in [0, 0.05) is 0 Å². The Morgan fingerprint density at radius 3 is 1.00 bits per heavy atom. The Labute approximate surface area is 28.1 Å². The second-order valence-corrected chi connectivity index (χ2v) is 1.67. The third kappa shape index (κ3) is 317. The van der Waals surface area contributed by atoms with Gasteiger partial charge < -0.3 is 0 Å². The summed E-state index contributed by atoms with van der Waals surface area (Å²) >= 11 is -4.28. The van der Waals surface area contributed by atoms with E-state index in [1.165, 1.54) is 0 Å². The van der Waals surface area contributed by atoms with Crippen molar-refractivity contribution in [1.29, 1.82) is 0 Å². The third-order valence-corrected chi connectivity index (χ3v) is 0. The zero-order chi connectivity index (χ0) is 3.58. The molecule has 0 fully saturated rings. The Hall–Kier alpha value is 0.0883. The molecule has 4 heavy (non-hydrogen) atoms. The van der Waals surface area contributed by atoms with E-state index in [4.69, 9.17) is 10.2 Å². The summed E-state index contributed by atoms with van der Waals surface area (Å²) in [6, 6.07) is 0. The first-order valence-electron chi connectivity index (χ1n) is 0.500. The molecule has 0 aliphatic rings. The van der Waals surface area contributed by atoms with Crippen molar-refractivity contribution in [3.63, 3.8) is 0 Å². The molecule has 3 nitrogen and oxygen atoms in total. The topological polar surface area (TPSA) is 51.2 Å². The fraction of sp³-hybridized carbons (Fsp3) is 0. The summed E-state index contributed by atoms with van der Waals surface area (Å²) in [7, 11) is 0. The van der Waals surface area contributed by atoms with Crippen LogP contribution in [0.5, 0.6) is 0 Å². The van der Waals surface area contributed by atoms with Crippen molar-refractivity contribution in [3.8, 4) is 0 Å². The van der Waals surface area contributed by atoms with Crippen molar-refractivity contribution in [1.82, 2.24) is 0 Å². The van der Waals surface area contributed by atoms with Crippen LogP contribution in [0.4, 0.5) is 0 Å². The molecule has 0 bridgehead atoms. The van der Waals surface area contributed by atoms with Gasteiger partial charge in [-0.3, -0.25) is 0 Å². The second-order valence-electron chi connectivity index (χ2n) is 0.204. The molecule has 0 unspecified atom stereocenters. The van der Waals surface area contributed by atoms with E-state index in [1.807, 2.05) is 0 Å². The standard InChI is InChI=1S/3O.W. The third-order valence-electron chi connectivity index (χ3n) is 0. The fourth-order valence-electron chi connectivity index (χ4n) is 0. The van der Waals surface area contributed by atoms with Crippen molar-refractivity contribution >= 4 is 0 Å². The molecule has 0 aromatic heterocycles. The van der Waals surface area contributed by atoms with E-state index in [2.05, 4.69) is 0 Å². The summed E-state index contributed by atoms with van der Waals surface area (Å²) in [4.78, 5) is 0. The SMILES string of the molecule is [O]=[W](=[O])=[O]. The average Bonchev–Trinajstić information content (AvgIpc) is 0.811. The summed E-state index contributed by atoms with van der Waals surface area (Å²) in [5.74, 6) is 0. The number of rotatable bonds is 0. The van der Waals surface area contributed by atoms with Gasteiger partial charge in [0.05, 0.1) is 0 Å². The predicted molar refractivity (Wildman–Crippen MR) is 2.06 cm³/mol. The quantitative estimate of drug-likeness (QED) is 0.572. The fourth-order valence-corrected chi connectivity index (χ4v) is 0. The van der Waals surface area contributed by atoms with Gasteiger partial charge in [-0.1, -0.05) is 0 Å². The molecular weight excluding hydrogens is 232 g/mol. The second kappa shape index (κ2) is 1.41. The average molecular weight is 232 g/mol. The summed E-state index contributed by atoms with van der Waals surface area (Å²) in [6.45, 7) is 0. The molecule has 0 saturated heterocycles. The van der Waals surface area contributed by atoms with Gasteiger partial charge in [-0.25, -0.2) is 0 Å². The minimum absolute atomic E-state index is 4.28. The Balaban J connectivity index is 4.65. The van der Waals surface area contributed by atoms with Crippen LogP contribution in [0.25, 0.3) is 0 Å². The Morgan fingerprint density at radius 2 is 1.00 bits per heavy atom. The zero-order valence-corrected chi connectivity index (χ0v) is 4.57. The molecule has 0 N–H and O–H groups in total. The van der Waals surface area contributed by atoms with E-state index >= 15 is 0 Å². The molecule has 24 valence electrons. The van der Waals surface area contributed by atoms with Crippen molar-refractivity contribution < 1.29 is 27.4 Å². The van der Waals surface area contributed by atoms with Crippen LogP contribution in [0.2, 0.25) is 0 Å². The molecule has 0 amide bonds. The van der Waals surface area contributed by atoms with Gasteiger partial charge in [0.15, 0.2) is 0 Å². The van der Waals surface area contributed by atoms with Crippen LogP contribution < -0.4 is 0 Å². The van der Waals surface area contributed by atoms with Gasteiger partial charge in [-0.2, -0.15) is 0 Å². The van der Waals surface area contributed by atoms with Gasteiger partial charge in [0.25, 0.3) is 0 Å². The molecule has 0 radical (unpaired) electrons. The summed E-state index contributed by atoms with van der Waals surface area (Å²) in [6.07, 6.45) is 0. The van der Waals surface area contributed by atoms with E-state index in [9.17, 15) is 0 Å². The normalized spacial score (nSPS) is 6.00. The summed E-state index contributed by atoms with van der Waals surface area (Å²) < 4.78 is 25.8. The van der Waals surface area contributed by atoms with Crippen LogP contribution in [0.1, 0.15) is 0 Å². The first-order valence-corrected chi connectivity index (χ1v) is 4.09. The maximum atomic E-state index is 8.61. The van der Waals surface area contributed by atoms with Crippen LogP contribution in [0.15, 0.2) is 0 Å². The Morgan fingerprint density at radius 1 is 1.00 bits per heavy atom. The van der Waals surface area contributed by atoms with Gasteiger partial charge in [0.1, 0.15) is 0 Å². The monoisotopic (exact) mass is 232 g/mol. The van der Waals surface area contributed by atoms with Gasteiger partial charge >= 0.3 is 27.4 Å². The predicted octanol–water partition coefficient (Wildman–Crippen LogP) is -0.359. The van der Waals surface area contributed by atoms with Crippen molar-refractivity contribution in [2.24, 2.45) is 0 Å². The molecule has 0 spiro atoms. The first-order chi connectivity index (χ1) is 1.73. The molecule has 4 heteroatoms. The van der Waals surface area contributed by atoms with Crippen molar-refractivity contribution in [3.05, 3.63) is 0 Å². The van der Waals surface area contributed by atoms with Crippen LogP contribution >= 0.6 is 0 Å². The van der Waals surface area contributed by atoms with E-state index in [0.29, 0.717) is 0 Å². The number of hydrogen-bond donors (Lipinski definition) is 0. The molecule has 0 aromatic carbocycles. The van der Waals surface area contributed by atoms with Gasteiger partial charge in [-0.05, 0) is 0 Å². The van der Waals surface area contributed by atoms with Crippen LogP contribution in [0, 0.1) is 0 Å². The Kier molecular flexibility index (Phi) is 1.44. The van der Waals surface area contributed by atoms with E-state index in [-0.39, 0.29) is 0 Å². The van der Waals surface area contributed by atoms with Crippen LogP contribution in [-0.4, -0.2) is 0 Å². The summed E-state index contributed by atoms with van der Waals surface area (Å²) in [5.41, 5.74) is 0. The Bertz CT molecular complexity index is 72.7. The molecule has 0 aliphatic heterocycles. The zero-order valence-electron chi connectivity index (χ0n) is 1.63. The maximum absolute atomic E-state index is 8.61. The van der Waals surface area contributed by atoms with Gasteiger partial charge in [0.2, 0.25) is 0 Å². The minimum atomic E-state index is -4.28. The van der Waals surface area contributed by atoms with E-state index in [1.54, 1.807) is 0 Å². The number of hydrogen-bond acceptors (Lipinski definition) is 3. The molecule has 0 saturated carbocycles. The molecule has 0 aliphatic carbocycles. The van der Waals surface area contributed by atoms with Crippen molar-refractivity contribution in [2.45, 2.75) is 0 Å². The molecule has 0 heterocycles.